The maximum atomic E-state index is 4.82. The van der Waals surface area contributed by atoms with Gasteiger partial charge in [0, 0.05) is 119 Å². The van der Waals surface area contributed by atoms with Gasteiger partial charge in [-0.25, -0.2) is 0 Å². The Morgan fingerprint density at radius 2 is 0.413 bits per heavy atom. The SMILES string of the molecule is C[Si](C)(C)[N-][Si](C)(C)C.C[Si](C)(C)[N-][Si](C)(C)C.C[Si](C)(C)[N-][Si](C)(C)C.C[Si](C)(C)[N-][Si](C)(C)C.[Dy].[Dy].[K+].c1ccc[cH+]cc1. The molecule has 0 aliphatic carbocycles. The molecule has 0 saturated heterocycles. The molecule has 0 heterocycles. The molecule has 0 aromatic heterocycles. The summed E-state index contributed by atoms with van der Waals surface area (Å²) in [5.41, 5.74) is 0. The van der Waals surface area contributed by atoms with E-state index in [1.54, 1.807) is 0 Å². The third kappa shape index (κ3) is 87.0. The summed E-state index contributed by atoms with van der Waals surface area (Å²) < 4.78 is 19.3. The zero-order valence-corrected chi connectivity index (χ0v) is 50.6. The monoisotopic (exact) mass is 1100 g/mol. The van der Waals surface area contributed by atoms with Crippen molar-refractivity contribution in [3.8, 4) is 0 Å². The van der Waals surface area contributed by atoms with Gasteiger partial charge in [0.15, 0.2) is 0 Å². The third-order valence-electron chi connectivity index (χ3n) is 3.46. The summed E-state index contributed by atoms with van der Waals surface area (Å²) in [5, 5.41) is 0. The van der Waals surface area contributed by atoms with Gasteiger partial charge in [-0.1, -0.05) is 223 Å². The van der Waals surface area contributed by atoms with Crippen LogP contribution >= 0.6 is 0 Å². The van der Waals surface area contributed by atoms with E-state index in [0.29, 0.717) is 0 Å². The molecule has 1 rings (SSSR count). The molecule has 0 atom stereocenters. The van der Waals surface area contributed by atoms with Crippen LogP contribution in [0.3, 0.4) is 0 Å². The molecule has 46 heavy (non-hydrogen) atoms. The molecule has 4 nitrogen and oxygen atoms in total. The smallest absolute Gasteiger partial charge is 0.668 e. The Hall–Kier alpha value is 4.85. The topological polar surface area (TPSA) is 56.4 Å². The first-order valence-corrected chi connectivity index (χ1v) is 43.7. The number of hydrogen-bond donors (Lipinski definition) is 0. The summed E-state index contributed by atoms with van der Waals surface area (Å²) in [5.74, 6) is 0. The van der Waals surface area contributed by atoms with Crippen molar-refractivity contribution >= 4 is 65.9 Å². The van der Waals surface area contributed by atoms with Crippen LogP contribution in [0.5, 0.6) is 0 Å². The molecule has 0 aliphatic rings. The van der Waals surface area contributed by atoms with E-state index in [1.807, 2.05) is 42.5 Å². The molecule has 0 spiro atoms. The second kappa shape index (κ2) is 29.2. The molecule has 0 radical (unpaired) electrons. The Kier molecular flexibility index (Phi) is 41.7. The number of hydrogen-bond acceptors (Lipinski definition) is 0. The summed E-state index contributed by atoms with van der Waals surface area (Å²) in [6, 6.07) is 14.0. The van der Waals surface area contributed by atoms with Crippen LogP contribution in [-0.4, -0.2) is 65.9 Å². The number of nitrogens with zero attached hydrogens (tertiary/aromatic N) is 4. The average molecular weight is 1100 g/mol. The van der Waals surface area contributed by atoms with Crippen LogP contribution in [0, 0.1) is 76.3 Å². The molecule has 1 aromatic carbocycles. The molecule has 0 unspecified atom stereocenters. The van der Waals surface area contributed by atoms with Crippen molar-refractivity contribution in [3.05, 3.63) is 61.1 Å². The van der Waals surface area contributed by atoms with E-state index in [0.717, 1.165) is 0 Å². The van der Waals surface area contributed by atoms with E-state index < -0.39 is 65.9 Å². The van der Waals surface area contributed by atoms with Gasteiger partial charge >= 0.3 is 51.4 Å². The largest absolute Gasteiger partial charge is 1.00 e. The van der Waals surface area contributed by atoms with Crippen LogP contribution in [0.25, 0.3) is 18.6 Å². The minimum atomic E-state index is -1.11. The molecule has 0 N–H and O–H groups in total. The van der Waals surface area contributed by atoms with Gasteiger partial charge in [0.1, 0.15) is 0 Å². The molecule has 0 bridgehead atoms. The standard InChI is InChI=1S/C7H7.4C6H18NSi2.2Dy.K/c1-2-4-6-7-5-3-1;4*1-8(2,3)7-9(4,5)6;;;/h1-7H;4*1-6H3;;;/q+1;4*-1;;;+1. The van der Waals surface area contributed by atoms with Crippen LogP contribution in [0.4, 0.5) is 0 Å². The van der Waals surface area contributed by atoms with Crippen molar-refractivity contribution in [2.75, 3.05) is 0 Å². The summed E-state index contributed by atoms with van der Waals surface area (Å²) >= 11 is 0. The average Bonchev–Trinajstić information content (AvgIpc) is 2.82. The molecule has 278 valence electrons. The van der Waals surface area contributed by atoms with Crippen LogP contribution in [0.15, 0.2) is 42.5 Å². The van der Waals surface area contributed by atoms with Crippen molar-refractivity contribution < 1.29 is 128 Å². The van der Waals surface area contributed by atoms with Crippen LogP contribution in [-0.2, 0) is 0 Å². The molecule has 0 aliphatic heterocycles. The molecule has 0 saturated carbocycles. The van der Waals surface area contributed by atoms with Gasteiger partial charge in [0.05, 0.1) is 0 Å². The Morgan fingerprint density at radius 1 is 0.283 bits per heavy atom. The maximum Gasteiger partial charge on any atom is 1.00 e. The van der Waals surface area contributed by atoms with Gasteiger partial charge in [-0.2, -0.15) is 0 Å². The normalized spacial score (nSPS) is 12.2. The summed E-state index contributed by atoms with van der Waals surface area (Å²) in [6.45, 7) is 55.1. The van der Waals surface area contributed by atoms with Crippen molar-refractivity contribution in [1.82, 2.24) is 0 Å². The third-order valence-corrected chi connectivity index (χ3v) is 24.9. The minimum absolute atomic E-state index is 0. The second-order valence-corrected chi connectivity index (χ2v) is 57.5. The first kappa shape index (κ1) is 65.7. The van der Waals surface area contributed by atoms with Gasteiger partial charge in [0.2, 0.25) is 0 Å². The zero-order chi connectivity index (χ0) is 35.8. The van der Waals surface area contributed by atoms with Gasteiger partial charge in [-0.05, 0) is 0 Å². The summed E-state index contributed by atoms with van der Waals surface area (Å²) in [7, 11) is -8.85. The van der Waals surface area contributed by atoms with E-state index in [4.69, 9.17) is 18.6 Å². The predicted octanol–water partition coefficient (Wildman–Crippen LogP) is 11.1. The van der Waals surface area contributed by atoms with Crippen LogP contribution in [0.2, 0.25) is 157 Å². The van der Waals surface area contributed by atoms with Crippen molar-refractivity contribution in [2.24, 2.45) is 0 Å². The van der Waals surface area contributed by atoms with E-state index in [9.17, 15) is 0 Å². The molecule has 15 heteroatoms. The van der Waals surface area contributed by atoms with Crippen molar-refractivity contribution in [1.29, 1.82) is 0 Å². The molecule has 1 aromatic rings. The predicted molar refractivity (Wildman–Crippen MR) is 231 cm³/mol. The van der Waals surface area contributed by atoms with Crippen LogP contribution in [0.1, 0.15) is 0 Å². The van der Waals surface area contributed by atoms with E-state index >= 15 is 0 Å². The van der Waals surface area contributed by atoms with Crippen molar-refractivity contribution in [3.63, 3.8) is 0 Å². The fourth-order valence-corrected chi connectivity index (χ4v) is 36.7. The first-order valence-electron chi connectivity index (χ1n) is 16.1. The fraction of sp³-hybridized carbons (Fsp3) is 0.774. The van der Waals surface area contributed by atoms with Crippen molar-refractivity contribution in [2.45, 2.75) is 157 Å². The molecule has 0 fully saturated rings. The Balaban J connectivity index is -0.0000000815. The Bertz CT molecular complexity index is 636. The minimum Gasteiger partial charge on any atom is -0.668 e. The van der Waals surface area contributed by atoms with Gasteiger partial charge in [-0.15, -0.1) is 0 Å². The first-order chi connectivity index (χ1) is 18.3. The quantitative estimate of drug-likeness (QED) is 0.184. The summed E-state index contributed by atoms with van der Waals surface area (Å²) in [6.07, 6.45) is 0. The zero-order valence-electron chi connectivity index (χ0n) is 35.5. The van der Waals surface area contributed by atoms with E-state index in [1.165, 1.54) is 0 Å². The summed E-state index contributed by atoms with van der Waals surface area (Å²) in [4.78, 5) is 0. The Morgan fingerprint density at radius 3 is 0.500 bits per heavy atom. The Labute approximate surface area is 404 Å². The second-order valence-electron chi connectivity index (χ2n) is 19.2. The maximum absolute atomic E-state index is 4.82. The molecular weight excluding hydrogens is 1020 g/mol. The van der Waals surface area contributed by atoms with Gasteiger partial charge < -0.3 is 18.6 Å². The van der Waals surface area contributed by atoms with Gasteiger partial charge in [0.25, 0.3) is 0 Å². The van der Waals surface area contributed by atoms with Gasteiger partial charge in [-0.3, -0.25) is 0 Å². The molecular formula is C31H79Dy2KN4Si8-2. The number of rotatable bonds is 8. The van der Waals surface area contributed by atoms with E-state index in [2.05, 4.69) is 157 Å². The van der Waals surface area contributed by atoms with Crippen LogP contribution < -0.4 is 51.4 Å². The molecule has 0 amide bonds. The fourth-order valence-electron chi connectivity index (χ4n) is 4.47. The van der Waals surface area contributed by atoms with E-state index in [-0.39, 0.29) is 128 Å².